The highest BCUT2D eigenvalue weighted by Crippen LogP contribution is 2.45. The van der Waals surface area contributed by atoms with Crippen molar-refractivity contribution in [3.05, 3.63) is 0 Å². The van der Waals surface area contributed by atoms with E-state index in [9.17, 15) is 43.2 Å². The Balaban J connectivity index is 5.25. The van der Waals surface area contributed by atoms with Gasteiger partial charge < -0.3 is 33.8 Å². The van der Waals surface area contributed by atoms with Gasteiger partial charge in [0.1, 0.15) is 19.3 Å². The molecule has 0 heterocycles. The zero-order chi connectivity index (χ0) is 62.2. The number of hydrogen-bond donors (Lipinski definition) is 3. The van der Waals surface area contributed by atoms with Gasteiger partial charge in [0.2, 0.25) is 0 Å². The van der Waals surface area contributed by atoms with Crippen LogP contribution in [0.2, 0.25) is 0 Å². The second kappa shape index (κ2) is 57.5. The molecule has 0 spiro atoms. The van der Waals surface area contributed by atoms with Crippen molar-refractivity contribution >= 4 is 39.5 Å². The van der Waals surface area contributed by atoms with E-state index in [0.29, 0.717) is 25.7 Å². The molecule has 0 saturated heterocycles. The molecule has 3 N–H and O–H groups in total. The lowest BCUT2D eigenvalue weighted by molar-refractivity contribution is -0.161. The molecule has 0 radical (unpaired) electrons. The molecule has 19 heteroatoms. The van der Waals surface area contributed by atoms with Gasteiger partial charge in [0, 0.05) is 25.7 Å². The molecule has 0 bridgehead atoms. The Kier molecular flexibility index (Phi) is 56.2. The van der Waals surface area contributed by atoms with Crippen molar-refractivity contribution in [3.8, 4) is 0 Å². The molecule has 0 aliphatic heterocycles. The average molecular weight is 1240 g/mol. The minimum absolute atomic E-state index is 0.103. The van der Waals surface area contributed by atoms with E-state index in [0.717, 1.165) is 102 Å². The zero-order valence-corrected chi connectivity index (χ0v) is 56.0. The number of aliphatic hydroxyl groups excluding tert-OH is 1. The van der Waals surface area contributed by atoms with Gasteiger partial charge in [-0.25, -0.2) is 9.13 Å². The maximum Gasteiger partial charge on any atom is 0.472 e. The van der Waals surface area contributed by atoms with Crippen LogP contribution in [-0.2, 0) is 65.4 Å². The summed E-state index contributed by atoms with van der Waals surface area (Å²) in [6.07, 6.45) is 40.2. The minimum atomic E-state index is -4.95. The van der Waals surface area contributed by atoms with Crippen molar-refractivity contribution in [3.63, 3.8) is 0 Å². The number of rotatable bonds is 64. The summed E-state index contributed by atoms with van der Waals surface area (Å²) in [5.41, 5.74) is 0. The molecule has 0 saturated carbocycles. The Morgan fingerprint density at radius 3 is 0.845 bits per heavy atom. The van der Waals surface area contributed by atoms with Gasteiger partial charge in [0.05, 0.1) is 26.4 Å². The van der Waals surface area contributed by atoms with Gasteiger partial charge >= 0.3 is 39.5 Å². The van der Waals surface area contributed by atoms with E-state index in [1.54, 1.807) is 0 Å². The first-order valence-electron chi connectivity index (χ1n) is 34.1. The third kappa shape index (κ3) is 56.6. The molecule has 0 aliphatic rings. The maximum absolute atomic E-state index is 13.0. The first-order chi connectivity index (χ1) is 40.4. The molecule has 0 aromatic heterocycles. The van der Waals surface area contributed by atoms with Crippen LogP contribution in [0.1, 0.15) is 324 Å². The number of ether oxygens (including phenoxy) is 4. The Bertz CT molecular complexity index is 1650. The van der Waals surface area contributed by atoms with E-state index in [-0.39, 0.29) is 25.7 Å². The van der Waals surface area contributed by atoms with Crippen molar-refractivity contribution in [2.75, 3.05) is 39.6 Å². The number of phosphoric acid groups is 2. The maximum atomic E-state index is 13.0. The van der Waals surface area contributed by atoms with E-state index in [2.05, 4.69) is 41.5 Å². The largest absolute Gasteiger partial charge is 0.472 e. The van der Waals surface area contributed by atoms with Crippen molar-refractivity contribution in [1.82, 2.24) is 0 Å². The van der Waals surface area contributed by atoms with Crippen LogP contribution in [0.15, 0.2) is 0 Å². The van der Waals surface area contributed by atoms with E-state index < -0.39 is 97.5 Å². The van der Waals surface area contributed by atoms with Crippen molar-refractivity contribution in [2.45, 2.75) is 342 Å². The van der Waals surface area contributed by atoms with E-state index in [1.165, 1.54) is 141 Å². The predicted molar refractivity (Wildman–Crippen MR) is 335 cm³/mol. The van der Waals surface area contributed by atoms with Crippen LogP contribution in [0.5, 0.6) is 0 Å². The van der Waals surface area contributed by atoms with Crippen LogP contribution >= 0.6 is 15.6 Å². The van der Waals surface area contributed by atoms with Gasteiger partial charge in [-0.15, -0.1) is 0 Å². The molecule has 0 amide bonds. The molecular weight excluding hydrogens is 1110 g/mol. The van der Waals surface area contributed by atoms with E-state index >= 15 is 0 Å². The highest BCUT2D eigenvalue weighted by Gasteiger charge is 2.30. The summed E-state index contributed by atoms with van der Waals surface area (Å²) >= 11 is 0. The topological polar surface area (TPSA) is 237 Å². The number of hydrogen-bond acceptors (Lipinski definition) is 15. The molecule has 17 nitrogen and oxygen atoms in total. The Morgan fingerprint density at radius 1 is 0.333 bits per heavy atom. The molecule has 0 aromatic carbocycles. The Morgan fingerprint density at radius 2 is 0.571 bits per heavy atom. The molecule has 0 fully saturated rings. The zero-order valence-electron chi connectivity index (χ0n) is 54.2. The van der Waals surface area contributed by atoms with Crippen LogP contribution in [0.3, 0.4) is 0 Å². The smallest absolute Gasteiger partial charge is 0.462 e. The second-order valence-corrected chi connectivity index (χ2v) is 26.9. The highest BCUT2D eigenvalue weighted by atomic mass is 31.2. The Hall–Kier alpha value is -1.94. The number of carbonyl (C=O) groups excluding carboxylic acids is 4. The number of unbranched alkanes of at least 4 members (excludes halogenated alkanes) is 32. The normalized spacial score (nSPS) is 14.9. The van der Waals surface area contributed by atoms with Crippen LogP contribution in [0, 0.1) is 11.8 Å². The average Bonchev–Trinajstić information content (AvgIpc) is 3.49. The number of carbonyl (C=O) groups is 4. The first-order valence-corrected chi connectivity index (χ1v) is 37.1. The van der Waals surface area contributed by atoms with Crippen LogP contribution in [0.25, 0.3) is 0 Å². The van der Waals surface area contributed by atoms with Crippen LogP contribution < -0.4 is 0 Å². The standard InChI is InChI=1S/C65H126O17P2/c1-7-11-13-15-17-19-20-21-22-24-30-37-43-49-64(69)81-60(53-76-63(68)48-42-36-29-26-25-27-33-39-45-57(5)9-3)55-79-83(71,72)77-51-59(66)52-78-84(73,74)80-56-61(54-75-62(67)47-41-35-28-23-18-16-14-12-8-2)82-65(70)50-44-38-32-31-34-40-46-58(6)10-4/h57-61,66H,7-56H2,1-6H3,(H,71,72)(H,73,74)/t57?,58?,59-,60-,61-/m1/s1. The molecule has 4 unspecified atom stereocenters. The third-order valence-electron chi connectivity index (χ3n) is 15.7. The van der Waals surface area contributed by atoms with Gasteiger partial charge in [-0.05, 0) is 37.5 Å². The van der Waals surface area contributed by atoms with E-state index in [4.69, 9.17) is 37.0 Å². The van der Waals surface area contributed by atoms with Crippen molar-refractivity contribution < 1.29 is 80.2 Å². The fourth-order valence-electron chi connectivity index (χ4n) is 9.64. The number of phosphoric ester groups is 2. The lowest BCUT2D eigenvalue weighted by Crippen LogP contribution is -2.30. The lowest BCUT2D eigenvalue weighted by Gasteiger charge is -2.21. The first kappa shape index (κ1) is 82.1. The van der Waals surface area contributed by atoms with E-state index in [1.807, 2.05) is 0 Å². The summed E-state index contributed by atoms with van der Waals surface area (Å²) in [4.78, 5) is 72.2. The lowest BCUT2D eigenvalue weighted by atomic mass is 9.99. The molecule has 0 aromatic rings. The fraction of sp³-hybridized carbons (Fsp3) is 0.938. The predicted octanol–water partition coefficient (Wildman–Crippen LogP) is 18.0. The SMILES string of the molecule is CCCCCCCCCCCCCCCC(=O)O[C@H](COC(=O)CCCCCCCCCCC(C)CC)COP(=O)(O)OC[C@@H](O)COP(=O)(O)OC[C@@H](COC(=O)CCCCCCCCCCC)OC(=O)CCCCCCCCC(C)CC. The van der Waals surface area contributed by atoms with Gasteiger partial charge in [-0.2, -0.15) is 0 Å². The summed E-state index contributed by atoms with van der Waals surface area (Å²) in [5, 5.41) is 10.5. The minimum Gasteiger partial charge on any atom is -0.462 e. The summed E-state index contributed by atoms with van der Waals surface area (Å²) in [6, 6.07) is 0. The highest BCUT2D eigenvalue weighted by molar-refractivity contribution is 7.47. The molecule has 7 atom stereocenters. The summed E-state index contributed by atoms with van der Waals surface area (Å²) in [5.74, 6) is -0.636. The third-order valence-corrected chi connectivity index (χ3v) is 17.6. The summed E-state index contributed by atoms with van der Waals surface area (Å²) in [6.45, 7) is 9.45. The summed E-state index contributed by atoms with van der Waals surface area (Å²) < 4.78 is 68.0. The van der Waals surface area contributed by atoms with Crippen molar-refractivity contribution in [2.24, 2.45) is 11.8 Å². The molecule has 84 heavy (non-hydrogen) atoms. The quantitative estimate of drug-likeness (QED) is 0.0222. The monoisotopic (exact) mass is 1240 g/mol. The number of esters is 4. The van der Waals surface area contributed by atoms with Gasteiger partial charge in [0.15, 0.2) is 12.2 Å². The molecule has 0 aliphatic carbocycles. The van der Waals surface area contributed by atoms with Crippen LogP contribution in [0.4, 0.5) is 0 Å². The Labute approximate surface area is 511 Å². The number of aliphatic hydroxyl groups is 1. The van der Waals surface area contributed by atoms with Gasteiger partial charge in [-0.3, -0.25) is 37.3 Å². The second-order valence-electron chi connectivity index (χ2n) is 24.0. The van der Waals surface area contributed by atoms with Gasteiger partial charge in [-0.1, -0.05) is 273 Å². The van der Waals surface area contributed by atoms with Gasteiger partial charge in [0.25, 0.3) is 0 Å². The van der Waals surface area contributed by atoms with Crippen LogP contribution in [-0.4, -0.2) is 96.7 Å². The molecule has 498 valence electrons. The summed E-state index contributed by atoms with van der Waals surface area (Å²) in [7, 11) is -9.89. The fourth-order valence-corrected chi connectivity index (χ4v) is 11.2. The molecular formula is C65H126O17P2. The molecule has 0 rings (SSSR count). The van der Waals surface area contributed by atoms with Crippen molar-refractivity contribution in [1.29, 1.82) is 0 Å².